The van der Waals surface area contributed by atoms with Crippen molar-refractivity contribution < 1.29 is 18.9 Å². The van der Waals surface area contributed by atoms with Crippen LogP contribution in [0.4, 0.5) is 5.69 Å². The van der Waals surface area contributed by atoms with Crippen LogP contribution < -0.4 is 19.6 Å². The van der Waals surface area contributed by atoms with Gasteiger partial charge in [-0.3, -0.25) is 24.3 Å². The van der Waals surface area contributed by atoms with Gasteiger partial charge in [0.25, 0.3) is 17.2 Å². The van der Waals surface area contributed by atoms with Gasteiger partial charge in [-0.25, -0.2) is 4.99 Å². The van der Waals surface area contributed by atoms with E-state index in [1.165, 1.54) is 23.5 Å². The zero-order valence-electron chi connectivity index (χ0n) is 23.0. The Morgan fingerprint density at radius 1 is 1.15 bits per heavy atom. The highest BCUT2D eigenvalue weighted by Gasteiger charge is 2.35. The molecule has 41 heavy (non-hydrogen) atoms. The van der Waals surface area contributed by atoms with E-state index in [1.54, 1.807) is 53.8 Å². The minimum absolute atomic E-state index is 0.0135. The van der Waals surface area contributed by atoms with E-state index in [0.29, 0.717) is 62.1 Å². The number of para-hydroxylation sites is 1. The highest BCUT2D eigenvalue weighted by molar-refractivity contribution is 7.07. The average molecular weight is 573 g/mol. The molecule has 1 atom stereocenters. The third kappa shape index (κ3) is 5.11. The number of aromatic nitrogens is 1. The molecule has 5 rings (SSSR count). The van der Waals surface area contributed by atoms with Gasteiger partial charge in [-0.05, 0) is 51.1 Å². The fourth-order valence-corrected chi connectivity index (χ4v) is 5.95. The van der Waals surface area contributed by atoms with Crippen molar-refractivity contribution in [3.05, 3.63) is 113 Å². The van der Waals surface area contributed by atoms with Gasteiger partial charge in [0.15, 0.2) is 4.80 Å². The van der Waals surface area contributed by atoms with Gasteiger partial charge >= 0.3 is 0 Å². The molecule has 11 heteroatoms. The Morgan fingerprint density at radius 3 is 2.51 bits per heavy atom. The lowest BCUT2D eigenvalue weighted by atomic mass is 9.94. The summed E-state index contributed by atoms with van der Waals surface area (Å²) in [6.07, 6.45) is 1.64. The number of carbonyl (C=O) groups is 1. The van der Waals surface area contributed by atoms with Crippen LogP contribution in [-0.4, -0.2) is 40.5 Å². The number of nitro groups is 1. The number of nitro benzene ring substituents is 1. The number of thiazole rings is 1. The number of ether oxygens (including phenoxy) is 1. The highest BCUT2D eigenvalue weighted by atomic mass is 32.1. The third-order valence-electron chi connectivity index (χ3n) is 7.00. The first-order chi connectivity index (χ1) is 19.8. The van der Waals surface area contributed by atoms with Crippen molar-refractivity contribution in [1.29, 1.82) is 0 Å². The summed E-state index contributed by atoms with van der Waals surface area (Å²) in [5, 5.41) is 11.0. The van der Waals surface area contributed by atoms with Crippen molar-refractivity contribution in [3.63, 3.8) is 0 Å². The molecule has 0 unspecified atom stereocenters. The van der Waals surface area contributed by atoms with Crippen LogP contribution in [0.15, 0.2) is 86.1 Å². The van der Waals surface area contributed by atoms with Crippen LogP contribution in [0.2, 0.25) is 0 Å². The number of benzene rings is 2. The molecule has 1 aliphatic heterocycles. The molecule has 3 heterocycles. The number of allylic oxidation sites excluding steroid dienone is 1. The number of likely N-dealkylation sites (N-methyl/N-ethyl adjacent to an activating group) is 1. The van der Waals surface area contributed by atoms with Crippen molar-refractivity contribution in [3.8, 4) is 17.1 Å². The zero-order chi connectivity index (χ0) is 29.3. The van der Waals surface area contributed by atoms with Crippen molar-refractivity contribution in [2.75, 3.05) is 20.2 Å². The Bertz CT molecular complexity index is 1840. The lowest BCUT2D eigenvalue weighted by molar-refractivity contribution is -0.384. The second kappa shape index (κ2) is 11.4. The Hall–Kier alpha value is -4.77. The number of hydrogen-bond donors (Lipinski definition) is 0. The quantitative estimate of drug-likeness (QED) is 0.230. The molecule has 0 N–H and O–H groups in total. The van der Waals surface area contributed by atoms with E-state index < -0.39 is 11.0 Å². The highest BCUT2D eigenvalue weighted by Crippen LogP contribution is 2.36. The number of rotatable bonds is 8. The van der Waals surface area contributed by atoms with E-state index in [4.69, 9.17) is 14.1 Å². The summed E-state index contributed by atoms with van der Waals surface area (Å²) in [6.45, 7) is 6.66. The lowest BCUT2D eigenvalue weighted by Gasteiger charge is -2.29. The van der Waals surface area contributed by atoms with Gasteiger partial charge in [-0.2, -0.15) is 0 Å². The topological polar surface area (TPSA) is 120 Å². The first-order valence-electron chi connectivity index (χ1n) is 13.1. The smallest absolute Gasteiger partial charge is 0.271 e. The Labute approximate surface area is 239 Å². The van der Waals surface area contributed by atoms with Crippen molar-refractivity contribution in [2.45, 2.75) is 26.8 Å². The van der Waals surface area contributed by atoms with E-state index in [0.717, 1.165) is 0 Å². The molecule has 10 nitrogen and oxygen atoms in total. The molecule has 1 amide bonds. The summed E-state index contributed by atoms with van der Waals surface area (Å²) in [7, 11) is 1.56. The van der Waals surface area contributed by atoms with E-state index >= 15 is 0 Å². The standard InChI is InChI=1S/C30H28N4O6S/c1-5-32(6-2)29(36)26-18(3)31-30-33(27(26)22-9-7-8-10-24(22)39-4)28(35)25(41-30)17-21-15-16-23(40-21)19-11-13-20(14-12-19)34(37)38/h7-17,27H,5-6H2,1-4H3/b25-17+/t27-/m1/s1. The van der Waals surface area contributed by atoms with Crippen LogP contribution in [0.1, 0.15) is 38.1 Å². The molecule has 0 aliphatic carbocycles. The van der Waals surface area contributed by atoms with Crippen LogP contribution in [0.5, 0.6) is 5.75 Å². The number of nitrogens with zero attached hydrogens (tertiary/aromatic N) is 4. The molecule has 0 bridgehead atoms. The number of fused-ring (bicyclic) bond motifs is 1. The van der Waals surface area contributed by atoms with Crippen molar-refractivity contribution in [2.24, 2.45) is 4.99 Å². The van der Waals surface area contributed by atoms with E-state index in [-0.39, 0.29) is 17.2 Å². The van der Waals surface area contributed by atoms with Crippen LogP contribution in [0, 0.1) is 10.1 Å². The predicted molar refractivity (Wildman–Crippen MR) is 155 cm³/mol. The minimum Gasteiger partial charge on any atom is -0.496 e. The molecule has 2 aromatic carbocycles. The molecular weight excluding hydrogens is 544 g/mol. The molecule has 0 spiro atoms. The van der Waals surface area contributed by atoms with Gasteiger partial charge in [0.2, 0.25) is 0 Å². The van der Waals surface area contributed by atoms with E-state index in [9.17, 15) is 19.7 Å². The maximum Gasteiger partial charge on any atom is 0.271 e. The van der Waals surface area contributed by atoms with Gasteiger partial charge in [0.1, 0.15) is 23.3 Å². The van der Waals surface area contributed by atoms with Crippen LogP contribution >= 0.6 is 11.3 Å². The molecule has 0 saturated heterocycles. The van der Waals surface area contributed by atoms with Gasteiger partial charge in [-0.1, -0.05) is 29.5 Å². The normalized spacial score (nSPS) is 14.9. The molecular formula is C30H28N4O6S. The Morgan fingerprint density at radius 2 is 1.85 bits per heavy atom. The predicted octanol–water partition coefficient (Wildman–Crippen LogP) is 4.28. The molecule has 4 aromatic rings. The lowest BCUT2D eigenvalue weighted by Crippen LogP contribution is -2.43. The summed E-state index contributed by atoms with van der Waals surface area (Å²) < 4.78 is 13.5. The fraction of sp³-hybridized carbons (Fsp3) is 0.233. The van der Waals surface area contributed by atoms with Crippen LogP contribution in [-0.2, 0) is 4.79 Å². The fourth-order valence-electron chi connectivity index (χ4n) is 4.92. The molecule has 210 valence electrons. The van der Waals surface area contributed by atoms with Gasteiger partial charge in [0, 0.05) is 42.4 Å². The average Bonchev–Trinajstić information content (AvgIpc) is 3.57. The largest absolute Gasteiger partial charge is 0.496 e. The van der Waals surface area contributed by atoms with Gasteiger partial charge in [0.05, 0.1) is 27.8 Å². The number of methoxy groups -OCH3 is 1. The SMILES string of the molecule is CCN(CC)C(=O)C1=C(C)N=c2s/c(=C/c3ccc(-c4ccc([N+](=O)[O-])cc4)o3)c(=O)n2[C@@H]1c1ccccc1OC. The van der Waals surface area contributed by atoms with Gasteiger partial charge in [-0.15, -0.1) is 0 Å². The molecule has 0 radical (unpaired) electrons. The Kier molecular flexibility index (Phi) is 7.71. The summed E-state index contributed by atoms with van der Waals surface area (Å²) in [6, 6.07) is 16.1. The maximum atomic E-state index is 14.0. The molecule has 0 saturated carbocycles. The summed E-state index contributed by atoms with van der Waals surface area (Å²) in [5.41, 5.74) is 2.00. The number of amides is 1. The molecule has 2 aromatic heterocycles. The minimum atomic E-state index is -0.732. The summed E-state index contributed by atoms with van der Waals surface area (Å²) >= 11 is 1.21. The summed E-state index contributed by atoms with van der Waals surface area (Å²) in [5.74, 6) is 1.33. The Balaban J connectivity index is 1.63. The second-order valence-electron chi connectivity index (χ2n) is 9.31. The molecule has 0 fully saturated rings. The first kappa shape index (κ1) is 27.8. The molecule has 1 aliphatic rings. The van der Waals surface area contributed by atoms with Crippen LogP contribution in [0.25, 0.3) is 17.4 Å². The van der Waals surface area contributed by atoms with Crippen molar-refractivity contribution in [1.82, 2.24) is 9.47 Å². The van der Waals surface area contributed by atoms with Crippen molar-refractivity contribution >= 4 is 29.0 Å². The van der Waals surface area contributed by atoms with Crippen LogP contribution in [0.3, 0.4) is 0 Å². The summed E-state index contributed by atoms with van der Waals surface area (Å²) in [4.78, 5) is 45.1. The number of furan rings is 1. The first-order valence-corrected chi connectivity index (χ1v) is 13.9. The third-order valence-corrected chi connectivity index (χ3v) is 7.98. The zero-order valence-corrected chi connectivity index (χ0v) is 23.8. The number of hydrogen-bond acceptors (Lipinski definition) is 8. The van der Waals surface area contributed by atoms with E-state index in [2.05, 4.69) is 0 Å². The van der Waals surface area contributed by atoms with Gasteiger partial charge < -0.3 is 14.1 Å². The second-order valence-corrected chi connectivity index (χ2v) is 10.3. The number of non-ortho nitro benzene ring substituents is 1. The maximum absolute atomic E-state index is 14.0. The number of carbonyl (C=O) groups excluding carboxylic acids is 1. The monoisotopic (exact) mass is 572 g/mol. The van der Waals surface area contributed by atoms with E-state index in [1.807, 2.05) is 38.1 Å².